The highest BCUT2D eigenvalue weighted by Crippen LogP contribution is 2.23. The van der Waals surface area contributed by atoms with Gasteiger partial charge in [-0.3, -0.25) is 14.2 Å². The molecule has 0 atom stereocenters. The summed E-state index contributed by atoms with van der Waals surface area (Å²) < 4.78 is 3.75. The lowest BCUT2D eigenvalue weighted by atomic mass is 10.2. The van der Waals surface area contributed by atoms with Crippen LogP contribution >= 0.6 is 11.6 Å². The summed E-state index contributed by atoms with van der Waals surface area (Å²) in [6.45, 7) is 9.19. The van der Waals surface area contributed by atoms with Crippen LogP contribution in [0, 0.1) is 20.8 Å². The summed E-state index contributed by atoms with van der Waals surface area (Å²) in [7, 11) is 0. The van der Waals surface area contributed by atoms with Crippen LogP contribution in [0.25, 0.3) is 6.08 Å². The summed E-state index contributed by atoms with van der Waals surface area (Å²) in [4.78, 5) is 12.4. The molecule has 0 unspecified atom stereocenters. The molecule has 0 aliphatic carbocycles. The fraction of sp³-hybridized carbons (Fsp3) is 0.286. The van der Waals surface area contributed by atoms with E-state index in [2.05, 4.69) is 15.5 Å². The number of aromatic nitrogens is 4. The van der Waals surface area contributed by atoms with Crippen molar-refractivity contribution >= 4 is 29.3 Å². The second-order valence-corrected chi connectivity index (χ2v) is 7.03. The van der Waals surface area contributed by atoms with E-state index in [1.54, 1.807) is 12.3 Å². The number of halogens is 1. The number of benzene rings is 1. The molecule has 7 heteroatoms. The van der Waals surface area contributed by atoms with Crippen LogP contribution in [-0.2, 0) is 17.9 Å². The molecular formula is C21H24ClN5O. The van der Waals surface area contributed by atoms with Gasteiger partial charge in [0.25, 0.3) is 0 Å². The third-order valence-electron chi connectivity index (χ3n) is 4.76. The second kappa shape index (κ2) is 8.44. The van der Waals surface area contributed by atoms with Crippen LogP contribution in [0.1, 0.15) is 35.1 Å². The van der Waals surface area contributed by atoms with Gasteiger partial charge in [0, 0.05) is 28.9 Å². The number of nitrogens with one attached hydrogen (secondary N) is 1. The normalized spacial score (nSPS) is 11.3. The number of rotatable bonds is 6. The maximum atomic E-state index is 12.4. The van der Waals surface area contributed by atoms with Gasteiger partial charge in [-0.1, -0.05) is 29.8 Å². The Labute approximate surface area is 169 Å². The minimum Gasteiger partial charge on any atom is -0.319 e. The van der Waals surface area contributed by atoms with E-state index < -0.39 is 0 Å². The van der Waals surface area contributed by atoms with Gasteiger partial charge in [-0.15, -0.1) is 0 Å². The Bertz CT molecular complexity index is 1030. The Hall–Kier alpha value is -2.86. The molecular weight excluding hydrogens is 374 g/mol. The third kappa shape index (κ3) is 4.17. The average molecular weight is 398 g/mol. The zero-order chi connectivity index (χ0) is 20.3. The summed E-state index contributed by atoms with van der Waals surface area (Å²) in [6, 6.07) is 7.68. The van der Waals surface area contributed by atoms with Gasteiger partial charge in [0.2, 0.25) is 5.91 Å². The molecule has 3 rings (SSSR count). The van der Waals surface area contributed by atoms with E-state index in [-0.39, 0.29) is 5.91 Å². The van der Waals surface area contributed by atoms with E-state index in [9.17, 15) is 4.79 Å². The first-order valence-corrected chi connectivity index (χ1v) is 9.57. The predicted molar refractivity (Wildman–Crippen MR) is 113 cm³/mol. The number of hydrogen-bond acceptors (Lipinski definition) is 3. The van der Waals surface area contributed by atoms with Crippen LogP contribution in [0.3, 0.4) is 0 Å². The summed E-state index contributed by atoms with van der Waals surface area (Å²) >= 11 is 6.25. The Morgan fingerprint density at radius 2 is 1.93 bits per heavy atom. The highest BCUT2D eigenvalue weighted by Gasteiger charge is 2.14. The molecule has 0 bridgehead atoms. The molecule has 28 heavy (non-hydrogen) atoms. The van der Waals surface area contributed by atoms with Gasteiger partial charge in [0.05, 0.1) is 29.8 Å². The first kappa shape index (κ1) is 19.9. The number of nitrogens with zero attached hydrogens (tertiary/aromatic N) is 4. The summed E-state index contributed by atoms with van der Waals surface area (Å²) in [6.07, 6.45) is 5.07. The summed E-state index contributed by atoms with van der Waals surface area (Å²) in [5.74, 6) is -0.202. The van der Waals surface area contributed by atoms with E-state index in [1.807, 2.05) is 61.3 Å². The number of anilines is 1. The van der Waals surface area contributed by atoms with Crippen molar-refractivity contribution in [2.45, 2.75) is 40.8 Å². The van der Waals surface area contributed by atoms with Crippen molar-refractivity contribution in [2.24, 2.45) is 0 Å². The molecule has 0 aliphatic rings. The number of carbonyl (C=O) groups is 1. The molecule has 0 aliphatic heterocycles. The van der Waals surface area contributed by atoms with E-state index in [0.717, 1.165) is 40.4 Å². The molecule has 6 nitrogen and oxygen atoms in total. The van der Waals surface area contributed by atoms with Crippen molar-refractivity contribution < 1.29 is 4.79 Å². The fourth-order valence-electron chi connectivity index (χ4n) is 3.09. The molecule has 2 aromatic heterocycles. The molecule has 0 radical (unpaired) electrons. The van der Waals surface area contributed by atoms with Gasteiger partial charge in [-0.05, 0) is 45.4 Å². The monoisotopic (exact) mass is 397 g/mol. The highest BCUT2D eigenvalue weighted by molar-refractivity contribution is 6.31. The molecule has 3 aromatic rings. The Morgan fingerprint density at radius 3 is 2.61 bits per heavy atom. The number of amides is 1. The minimum absolute atomic E-state index is 0.202. The molecule has 0 spiro atoms. The van der Waals surface area contributed by atoms with Gasteiger partial charge in [0.15, 0.2) is 0 Å². The third-order valence-corrected chi connectivity index (χ3v) is 5.13. The Balaban J connectivity index is 1.74. The first-order valence-electron chi connectivity index (χ1n) is 9.19. The van der Waals surface area contributed by atoms with E-state index >= 15 is 0 Å². The zero-order valence-electron chi connectivity index (χ0n) is 16.5. The topological polar surface area (TPSA) is 64.7 Å². The predicted octanol–water partition coefficient (Wildman–Crippen LogP) is 4.38. The largest absolute Gasteiger partial charge is 0.319 e. The highest BCUT2D eigenvalue weighted by atomic mass is 35.5. The van der Waals surface area contributed by atoms with Gasteiger partial charge in [-0.25, -0.2) is 0 Å². The van der Waals surface area contributed by atoms with Gasteiger partial charge in [-0.2, -0.15) is 10.2 Å². The van der Waals surface area contributed by atoms with Crippen molar-refractivity contribution in [1.82, 2.24) is 19.6 Å². The van der Waals surface area contributed by atoms with Crippen LogP contribution in [0.15, 0.2) is 36.5 Å². The smallest absolute Gasteiger partial charge is 0.248 e. The molecule has 0 saturated heterocycles. The lowest BCUT2D eigenvalue weighted by Crippen LogP contribution is -2.10. The van der Waals surface area contributed by atoms with Crippen LogP contribution in [0.2, 0.25) is 5.02 Å². The van der Waals surface area contributed by atoms with Gasteiger partial charge >= 0.3 is 0 Å². The molecule has 1 N–H and O–H groups in total. The second-order valence-electron chi connectivity index (χ2n) is 6.62. The van der Waals surface area contributed by atoms with Crippen LogP contribution in [0.5, 0.6) is 0 Å². The molecule has 1 aromatic carbocycles. The lowest BCUT2D eigenvalue weighted by molar-refractivity contribution is -0.111. The van der Waals surface area contributed by atoms with Gasteiger partial charge < -0.3 is 5.32 Å². The van der Waals surface area contributed by atoms with E-state index in [1.165, 1.54) is 6.08 Å². The van der Waals surface area contributed by atoms with Crippen molar-refractivity contribution in [3.05, 3.63) is 69.8 Å². The Kier molecular flexibility index (Phi) is 5.99. The number of aryl methyl sites for hydroxylation is 2. The van der Waals surface area contributed by atoms with Crippen molar-refractivity contribution in [3.8, 4) is 0 Å². The first-order chi connectivity index (χ1) is 13.4. The van der Waals surface area contributed by atoms with Crippen LogP contribution < -0.4 is 5.32 Å². The lowest BCUT2D eigenvalue weighted by Gasteiger charge is -2.07. The van der Waals surface area contributed by atoms with Crippen LogP contribution in [0.4, 0.5) is 5.69 Å². The van der Waals surface area contributed by atoms with Crippen LogP contribution in [-0.4, -0.2) is 25.5 Å². The minimum atomic E-state index is -0.202. The summed E-state index contributed by atoms with van der Waals surface area (Å²) in [5.41, 5.74) is 5.32. The van der Waals surface area contributed by atoms with Crippen molar-refractivity contribution in [3.63, 3.8) is 0 Å². The average Bonchev–Trinajstić information content (AvgIpc) is 3.16. The van der Waals surface area contributed by atoms with Crippen molar-refractivity contribution in [1.29, 1.82) is 0 Å². The zero-order valence-corrected chi connectivity index (χ0v) is 17.3. The van der Waals surface area contributed by atoms with E-state index in [0.29, 0.717) is 11.6 Å². The quantitative estimate of drug-likeness (QED) is 0.628. The van der Waals surface area contributed by atoms with Crippen molar-refractivity contribution in [2.75, 3.05) is 5.32 Å². The molecule has 146 valence electrons. The molecule has 2 heterocycles. The molecule has 0 fully saturated rings. The standard InChI is InChI=1S/C21H24ClN5O/c1-5-26-15(3)17(12-23-26)10-11-20(28)24-21-14(2)25-27(16(21)4)13-18-8-6-7-9-19(18)22/h6-12H,5,13H2,1-4H3,(H,24,28)/b11-10+. The SMILES string of the molecule is CCn1ncc(/C=C/C(=O)Nc2c(C)nn(Cc3ccccc3Cl)c2C)c1C. The Morgan fingerprint density at radius 1 is 1.18 bits per heavy atom. The fourth-order valence-corrected chi connectivity index (χ4v) is 3.29. The molecule has 0 saturated carbocycles. The molecule has 1 amide bonds. The van der Waals surface area contributed by atoms with E-state index in [4.69, 9.17) is 11.6 Å². The number of carbonyl (C=O) groups excluding carboxylic acids is 1. The maximum absolute atomic E-state index is 12.4. The summed E-state index contributed by atoms with van der Waals surface area (Å²) in [5, 5.41) is 12.5. The maximum Gasteiger partial charge on any atom is 0.248 e. The number of hydrogen-bond donors (Lipinski definition) is 1. The van der Waals surface area contributed by atoms with Gasteiger partial charge in [0.1, 0.15) is 0 Å².